The van der Waals surface area contributed by atoms with E-state index in [1.165, 1.54) is 19.8 Å². The quantitative estimate of drug-likeness (QED) is 0.790. The van der Waals surface area contributed by atoms with Crippen LogP contribution < -0.4 is 5.56 Å². The predicted molar refractivity (Wildman–Crippen MR) is 83.0 cm³/mol. The molecular formula is C17H21F3N2O2. The van der Waals surface area contributed by atoms with Crippen molar-refractivity contribution in [1.29, 1.82) is 0 Å². The van der Waals surface area contributed by atoms with Gasteiger partial charge in [-0.2, -0.15) is 13.2 Å². The summed E-state index contributed by atoms with van der Waals surface area (Å²) in [6, 6.07) is 2.23. The average Bonchev–Trinajstić information content (AvgIpc) is 2.53. The first-order chi connectivity index (χ1) is 11.3. The molecule has 132 valence electrons. The number of hydrogen-bond acceptors (Lipinski definition) is 3. The Balaban J connectivity index is 1.86. The standard InChI is InChI=1S/C17H21F3N2O2/c1-11(23)14-6-7-15(17(18,19)20)22(16(14)24)9-8-21-10-12-2-4-13(21)5-3-12/h6-7,12-13H,2-5,8-10H2,1H3. The average molecular weight is 342 g/mol. The van der Waals surface area contributed by atoms with E-state index in [-0.39, 0.29) is 12.1 Å². The van der Waals surface area contributed by atoms with E-state index in [0.29, 0.717) is 18.5 Å². The number of ketones is 1. The third-order valence-electron chi connectivity index (χ3n) is 5.28. The summed E-state index contributed by atoms with van der Waals surface area (Å²) >= 11 is 0. The van der Waals surface area contributed by atoms with E-state index < -0.39 is 23.2 Å². The normalized spacial score (nSPS) is 24.3. The van der Waals surface area contributed by atoms with Crippen LogP contribution in [0.4, 0.5) is 13.2 Å². The predicted octanol–water partition coefficient (Wildman–Crippen LogP) is 2.94. The fourth-order valence-corrected chi connectivity index (χ4v) is 3.99. The Morgan fingerprint density at radius 3 is 2.33 bits per heavy atom. The molecule has 0 radical (unpaired) electrons. The number of hydrogen-bond donors (Lipinski definition) is 0. The van der Waals surface area contributed by atoms with Crippen LogP contribution in [0.25, 0.3) is 0 Å². The second-order valence-electron chi connectivity index (χ2n) is 6.81. The Bertz CT molecular complexity index is 688. The summed E-state index contributed by atoms with van der Waals surface area (Å²) < 4.78 is 40.4. The number of Topliss-reactive ketones (excluding diaryl/α,β-unsaturated/α-hetero) is 1. The van der Waals surface area contributed by atoms with E-state index in [1.54, 1.807) is 0 Å². The number of carbonyl (C=O) groups excluding carboxylic acids is 1. The Morgan fingerprint density at radius 2 is 1.83 bits per heavy atom. The number of halogens is 3. The molecule has 3 fully saturated rings. The molecule has 4 nitrogen and oxygen atoms in total. The molecule has 0 N–H and O–H groups in total. The summed E-state index contributed by atoms with van der Waals surface area (Å²) in [5.74, 6) is 0.108. The van der Waals surface area contributed by atoms with Crippen molar-refractivity contribution in [3.8, 4) is 0 Å². The molecular weight excluding hydrogens is 321 g/mol. The number of fused-ring (bicyclic) bond motifs is 3. The second-order valence-corrected chi connectivity index (χ2v) is 6.81. The molecule has 0 aromatic carbocycles. The van der Waals surface area contributed by atoms with Gasteiger partial charge in [-0.1, -0.05) is 0 Å². The molecule has 1 saturated carbocycles. The first kappa shape index (κ1) is 17.2. The summed E-state index contributed by atoms with van der Waals surface area (Å²) in [6.45, 7) is 2.45. The topological polar surface area (TPSA) is 42.3 Å². The Morgan fingerprint density at radius 1 is 1.17 bits per heavy atom. The highest BCUT2D eigenvalue weighted by atomic mass is 19.4. The van der Waals surface area contributed by atoms with E-state index in [9.17, 15) is 22.8 Å². The first-order valence-electron chi connectivity index (χ1n) is 8.33. The van der Waals surface area contributed by atoms with Gasteiger partial charge in [0.2, 0.25) is 0 Å². The molecule has 3 aliphatic rings. The van der Waals surface area contributed by atoms with Crippen LogP contribution in [0.3, 0.4) is 0 Å². The zero-order valence-electron chi connectivity index (χ0n) is 13.6. The lowest BCUT2D eigenvalue weighted by Crippen LogP contribution is -2.49. The van der Waals surface area contributed by atoms with Gasteiger partial charge in [-0.15, -0.1) is 0 Å². The molecule has 1 aromatic heterocycles. The van der Waals surface area contributed by atoms with Crippen molar-refractivity contribution in [2.24, 2.45) is 5.92 Å². The molecule has 2 aliphatic heterocycles. The number of carbonyl (C=O) groups is 1. The molecule has 0 atom stereocenters. The zero-order chi connectivity index (χ0) is 17.5. The number of piperidine rings is 2. The lowest BCUT2D eigenvalue weighted by atomic mass is 9.80. The molecule has 0 unspecified atom stereocenters. The molecule has 1 aliphatic carbocycles. The Kier molecular flexibility index (Phi) is 4.55. The van der Waals surface area contributed by atoms with Crippen molar-refractivity contribution >= 4 is 5.78 Å². The number of nitrogens with zero attached hydrogens (tertiary/aromatic N) is 2. The van der Waals surface area contributed by atoms with Gasteiger partial charge >= 0.3 is 6.18 Å². The van der Waals surface area contributed by atoms with Gasteiger partial charge in [-0.25, -0.2) is 0 Å². The van der Waals surface area contributed by atoms with Crippen LogP contribution >= 0.6 is 0 Å². The fraction of sp³-hybridized carbons (Fsp3) is 0.647. The SMILES string of the molecule is CC(=O)c1ccc(C(F)(F)F)n(CCN2CC3CCC2CC3)c1=O. The van der Waals surface area contributed by atoms with Gasteiger partial charge < -0.3 is 4.57 Å². The molecule has 7 heteroatoms. The molecule has 0 spiro atoms. The highest BCUT2D eigenvalue weighted by molar-refractivity contribution is 5.93. The van der Waals surface area contributed by atoms with Crippen LogP contribution in [0.2, 0.25) is 0 Å². The largest absolute Gasteiger partial charge is 0.431 e. The number of alkyl halides is 3. The number of aromatic nitrogens is 1. The lowest BCUT2D eigenvalue weighted by molar-refractivity contribution is -0.144. The minimum Gasteiger partial charge on any atom is -0.303 e. The lowest BCUT2D eigenvalue weighted by Gasteiger charge is -2.45. The fourth-order valence-electron chi connectivity index (χ4n) is 3.99. The minimum atomic E-state index is -4.62. The number of rotatable bonds is 4. The van der Waals surface area contributed by atoms with Gasteiger partial charge in [-0.05, 0) is 50.7 Å². The minimum absolute atomic E-state index is 0.0436. The van der Waals surface area contributed by atoms with Gasteiger partial charge in [0.1, 0.15) is 5.69 Å². The van der Waals surface area contributed by atoms with E-state index >= 15 is 0 Å². The Labute approximate surface area is 138 Å². The van der Waals surface area contributed by atoms with Crippen molar-refractivity contribution in [2.45, 2.75) is 51.4 Å². The van der Waals surface area contributed by atoms with Gasteiger partial charge in [-0.3, -0.25) is 14.5 Å². The Hall–Kier alpha value is -1.63. The maximum Gasteiger partial charge on any atom is 0.431 e. The molecule has 1 aromatic rings. The molecule has 3 heterocycles. The summed E-state index contributed by atoms with van der Waals surface area (Å²) in [7, 11) is 0. The van der Waals surface area contributed by atoms with Gasteiger partial charge in [0.15, 0.2) is 5.78 Å². The van der Waals surface area contributed by atoms with Crippen molar-refractivity contribution in [2.75, 3.05) is 13.1 Å². The zero-order valence-corrected chi connectivity index (χ0v) is 13.6. The maximum atomic E-state index is 13.2. The third-order valence-corrected chi connectivity index (χ3v) is 5.28. The van der Waals surface area contributed by atoms with Gasteiger partial charge in [0.05, 0.1) is 5.56 Å². The van der Waals surface area contributed by atoms with Crippen LogP contribution in [0.15, 0.2) is 16.9 Å². The van der Waals surface area contributed by atoms with Crippen LogP contribution in [-0.2, 0) is 12.7 Å². The highest BCUT2D eigenvalue weighted by Gasteiger charge is 2.36. The second kappa shape index (κ2) is 6.35. The summed E-state index contributed by atoms with van der Waals surface area (Å²) in [6.07, 6.45) is -0.0722. The van der Waals surface area contributed by atoms with E-state index in [0.717, 1.165) is 36.1 Å². The van der Waals surface area contributed by atoms with Crippen LogP contribution in [0.5, 0.6) is 0 Å². The highest BCUT2D eigenvalue weighted by Crippen LogP contribution is 2.35. The van der Waals surface area contributed by atoms with Crippen molar-refractivity contribution in [3.05, 3.63) is 33.7 Å². The van der Waals surface area contributed by atoms with E-state index in [2.05, 4.69) is 4.90 Å². The van der Waals surface area contributed by atoms with Crippen LogP contribution in [0, 0.1) is 5.92 Å². The monoisotopic (exact) mass is 342 g/mol. The maximum absolute atomic E-state index is 13.2. The summed E-state index contributed by atoms with van der Waals surface area (Å²) in [5, 5.41) is 0. The van der Waals surface area contributed by atoms with E-state index in [1.807, 2.05) is 0 Å². The summed E-state index contributed by atoms with van der Waals surface area (Å²) in [5.41, 5.74) is -2.03. The smallest absolute Gasteiger partial charge is 0.303 e. The van der Waals surface area contributed by atoms with Crippen molar-refractivity contribution in [1.82, 2.24) is 9.47 Å². The molecule has 24 heavy (non-hydrogen) atoms. The molecule has 2 saturated heterocycles. The summed E-state index contributed by atoms with van der Waals surface area (Å²) in [4.78, 5) is 26.0. The van der Waals surface area contributed by atoms with Crippen LogP contribution in [0.1, 0.15) is 48.7 Å². The number of pyridine rings is 1. The van der Waals surface area contributed by atoms with Crippen molar-refractivity contribution in [3.63, 3.8) is 0 Å². The van der Waals surface area contributed by atoms with Gasteiger partial charge in [0, 0.05) is 25.7 Å². The third kappa shape index (κ3) is 3.27. The first-order valence-corrected chi connectivity index (χ1v) is 8.33. The van der Waals surface area contributed by atoms with Crippen LogP contribution in [-0.4, -0.2) is 34.4 Å². The van der Waals surface area contributed by atoms with E-state index in [4.69, 9.17) is 0 Å². The van der Waals surface area contributed by atoms with Crippen molar-refractivity contribution < 1.29 is 18.0 Å². The van der Waals surface area contributed by atoms with Gasteiger partial charge in [0.25, 0.3) is 5.56 Å². The molecule has 0 amide bonds. The molecule has 4 rings (SSSR count). The molecule has 2 bridgehead atoms.